The summed E-state index contributed by atoms with van der Waals surface area (Å²) in [7, 11) is 0. The number of nitrogens with zero attached hydrogens (tertiary/aromatic N) is 4. The maximum absolute atomic E-state index is 14.0. The Hall–Kier alpha value is -2.11. The number of rotatable bonds is 2. The first-order valence-corrected chi connectivity index (χ1v) is 8.79. The molecule has 28 heavy (non-hydrogen) atoms. The van der Waals surface area contributed by atoms with Gasteiger partial charge in [0.25, 0.3) is 0 Å². The van der Waals surface area contributed by atoms with Crippen LogP contribution in [0, 0.1) is 11.6 Å². The van der Waals surface area contributed by atoms with Gasteiger partial charge in [-0.3, -0.25) is 4.90 Å². The van der Waals surface area contributed by atoms with Crippen LogP contribution in [0.5, 0.6) is 0 Å². The van der Waals surface area contributed by atoms with Crippen molar-refractivity contribution in [2.45, 2.75) is 43.9 Å². The first-order valence-electron chi connectivity index (χ1n) is 8.79. The van der Waals surface area contributed by atoms with Crippen molar-refractivity contribution in [2.24, 2.45) is 5.73 Å². The molecule has 1 saturated heterocycles. The quantitative estimate of drug-likeness (QED) is 0.779. The summed E-state index contributed by atoms with van der Waals surface area (Å²) in [5.74, 6) is -1.94. The molecule has 0 unspecified atom stereocenters. The zero-order chi connectivity index (χ0) is 20.1. The second-order valence-electron chi connectivity index (χ2n) is 7.03. The molecule has 0 bridgehead atoms. The van der Waals surface area contributed by atoms with Crippen LogP contribution in [0.4, 0.5) is 22.0 Å². The monoisotopic (exact) mass is 403 g/mol. The van der Waals surface area contributed by atoms with E-state index >= 15 is 0 Å². The van der Waals surface area contributed by atoms with Crippen molar-refractivity contribution in [3.8, 4) is 0 Å². The first-order chi connectivity index (χ1) is 13.2. The Morgan fingerprint density at radius 3 is 2.64 bits per heavy atom. The molecule has 1 aromatic heterocycles. The van der Waals surface area contributed by atoms with Gasteiger partial charge in [-0.1, -0.05) is 0 Å². The number of fused-ring (bicyclic) bond motifs is 1. The van der Waals surface area contributed by atoms with Crippen LogP contribution >= 0.6 is 0 Å². The average Bonchev–Trinajstić information content (AvgIpc) is 3.07. The van der Waals surface area contributed by atoms with Gasteiger partial charge in [-0.2, -0.15) is 13.2 Å². The Bertz CT molecular complexity index is 870. The molecule has 1 fully saturated rings. The fraction of sp³-hybridized carbons (Fsp3) is 0.529. The molecule has 4 rings (SSSR count). The normalized spacial score (nSPS) is 26.3. The molecular formula is C17H18F5N5O. The number of hydrogen-bond donors (Lipinski definition) is 1. The number of nitrogens with two attached hydrogens (primary N) is 1. The number of ether oxygens (including phenoxy) is 1. The van der Waals surface area contributed by atoms with Crippen LogP contribution in [-0.4, -0.2) is 44.9 Å². The third kappa shape index (κ3) is 3.49. The predicted octanol–water partition coefficient (Wildman–Crippen LogP) is 2.25. The van der Waals surface area contributed by atoms with Crippen LogP contribution in [0.1, 0.15) is 29.7 Å². The molecule has 1 aromatic carbocycles. The molecule has 2 aromatic rings. The predicted molar refractivity (Wildman–Crippen MR) is 86.9 cm³/mol. The maximum Gasteiger partial charge on any atom is 0.451 e. The number of halogens is 5. The van der Waals surface area contributed by atoms with Crippen molar-refractivity contribution in [1.29, 1.82) is 0 Å². The van der Waals surface area contributed by atoms with Gasteiger partial charge in [-0.15, -0.1) is 10.2 Å². The molecule has 2 aliphatic heterocycles. The Kier molecular flexibility index (Phi) is 4.84. The molecule has 0 radical (unpaired) electrons. The lowest BCUT2D eigenvalue weighted by Crippen LogP contribution is -2.51. The fourth-order valence-electron chi connectivity index (χ4n) is 3.85. The van der Waals surface area contributed by atoms with Crippen LogP contribution in [-0.2, 0) is 24.0 Å². The summed E-state index contributed by atoms with van der Waals surface area (Å²) in [6.45, 7) is 0.843. The number of aromatic nitrogens is 3. The molecular weight excluding hydrogens is 385 g/mol. The van der Waals surface area contributed by atoms with Gasteiger partial charge in [0.15, 0.2) is 0 Å². The van der Waals surface area contributed by atoms with Crippen molar-refractivity contribution in [2.75, 3.05) is 13.2 Å². The molecule has 152 valence electrons. The van der Waals surface area contributed by atoms with Gasteiger partial charge in [0.1, 0.15) is 23.6 Å². The van der Waals surface area contributed by atoms with Crippen molar-refractivity contribution in [3.63, 3.8) is 0 Å². The molecule has 3 atom stereocenters. The summed E-state index contributed by atoms with van der Waals surface area (Å²) >= 11 is 0. The molecule has 2 aliphatic rings. The van der Waals surface area contributed by atoms with Gasteiger partial charge in [0.2, 0.25) is 5.82 Å². The van der Waals surface area contributed by atoms with E-state index in [4.69, 9.17) is 10.5 Å². The maximum atomic E-state index is 14.0. The summed E-state index contributed by atoms with van der Waals surface area (Å²) in [4.78, 5) is 1.93. The van der Waals surface area contributed by atoms with Crippen LogP contribution in [0.2, 0.25) is 0 Å². The molecule has 6 nitrogen and oxygen atoms in total. The largest absolute Gasteiger partial charge is 0.451 e. The van der Waals surface area contributed by atoms with E-state index in [2.05, 4.69) is 10.2 Å². The third-order valence-electron chi connectivity index (χ3n) is 5.22. The van der Waals surface area contributed by atoms with Crippen molar-refractivity contribution < 1.29 is 26.7 Å². The van der Waals surface area contributed by atoms with Gasteiger partial charge in [0.05, 0.1) is 13.2 Å². The van der Waals surface area contributed by atoms with E-state index in [1.54, 1.807) is 0 Å². The lowest BCUT2D eigenvalue weighted by atomic mass is 9.93. The standard InChI is InChI=1S/C17H18F5N5O/c18-9-1-2-12(19)11(5-9)15-13(23)6-10(8-28-15)26-3-4-27-14(7-26)24-25-16(27)17(20,21)22/h1-2,5,10,13,15H,3-4,6-8,23H2/t10-,13+,15-/m1/s1. The first kappa shape index (κ1) is 19.2. The van der Waals surface area contributed by atoms with Gasteiger partial charge in [0, 0.05) is 30.7 Å². The van der Waals surface area contributed by atoms with Crippen LogP contribution in [0.3, 0.4) is 0 Å². The van der Waals surface area contributed by atoms with Crippen molar-refractivity contribution in [1.82, 2.24) is 19.7 Å². The van der Waals surface area contributed by atoms with E-state index in [0.29, 0.717) is 13.0 Å². The SMILES string of the molecule is N[C@H]1C[C@@H](N2CCn3c(nnc3C(F)(F)F)C2)CO[C@@H]1c1cc(F)ccc1F. The van der Waals surface area contributed by atoms with Crippen LogP contribution in [0.15, 0.2) is 18.2 Å². The van der Waals surface area contributed by atoms with E-state index in [0.717, 1.165) is 22.8 Å². The zero-order valence-corrected chi connectivity index (χ0v) is 14.7. The van der Waals surface area contributed by atoms with E-state index in [-0.39, 0.29) is 37.1 Å². The summed E-state index contributed by atoms with van der Waals surface area (Å²) in [6.07, 6.45) is -4.90. The van der Waals surface area contributed by atoms with E-state index in [1.165, 1.54) is 0 Å². The zero-order valence-electron chi connectivity index (χ0n) is 14.7. The Balaban J connectivity index is 1.45. The summed E-state index contributed by atoms with van der Waals surface area (Å²) < 4.78 is 73.1. The van der Waals surface area contributed by atoms with E-state index in [9.17, 15) is 22.0 Å². The lowest BCUT2D eigenvalue weighted by Gasteiger charge is -2.41. The lowest BCUT2D eigenvalue weighted by molar-refractivity contribution is -0.148. The van der Waals surface area contributed by atoms with Gasteiger partial charge in [-0.25, -0.2) is 8.78 Å². The molecule has 11 heteroatoms. The highest BCUT2D eigenvalue weighted by Crippen LogP contribution is 2.33. The molecule has 3 heterocycles. The molecule has 0 aliphatic carbocycles. The number of alkyl halides is 3. The topological polar surface area (TPSA) is 69.2 Å². The van der Waals surface area contributed by atoms with Crippen LogP contribution in [0.25, 0.3) is 0 Å². The smallest absolute Gasteiger partial charge is 0.370 e. The molecule has 0 spiro atoms. The Morgan fingerprint density at radius 1 is 1.14 bits per heavy atom. The highest BCUT2D eigenvalue weighted by atomic mass is 19.4. The van der Waals surface area contributed by atoms with E-state index < -0.39 is 35.8 Å². The summed E-state index contributed by atoms with van der Waals surface area (Å²) in [5.41, 5.74) is 6.23. The minimum atomic E-state index is -4.55. The Labute approximate surface area is 157 Å². The number of benzene rings is 1. The van der Waals surface area contributed by atoms with Crippen molar-refractivity contribution in [3.05, 3.63) is 47.0 Å². The molecule has 2 N–H and O–H groups in total. The minimum Gasteiger partial charge on any atom is -0.370 e. The highest BCUT2D eigenvalue weighted by molar-refractivity contribution is 5.23. The minimum absolute atomic E-state index is 0.0687. The van der Waals surface area contributed by atoms with Crippen molar-refractivity contribution >= 4 is 0 Å². The second kappa shape index (κ2) is 7.05. The third-order valence-corrected chi connectivity index (χ3v) is 5.22. The molecule has 0 amide bonds. The van der Waals surface area contributed by atoms with Gasteiger partial charge in [-0.05, 0) is 24.6 Å². The van der Waals surface area contributed by atoms with Gasteiger partial charge < -0.3 is 15.0 Å². The van der Waals surface area contributed by atoms with Gasteiger partial charge >= 0.3 is 6.18 Å². The summed E-state index contributed by atoms with van der Waals surface area (Å²) in [5, 5.41) is 6.92. The summed E-state index contributed by atoms with van der Waals surface area (Å²) in [6, 6.07) is 2.38. The van der Waals surface area contributed by atoms with Crippen LogP contribution < -0.4 is 5.73 Å². The van der Waals surface area contributed by atoms with E-state index in [1.807, 2.05) is 4.90 Å². The Morgan fingerprint density at radius 2 is 1.93 bits per heavy atom. The molecule has 0 saturated carbocycles. The fourth-order valence-corrected chi connectivity index (χ4v) is 3.85. The highest BCUT2D eigenvalue weighted by Gasteiger charge is 2.41. The second-order valence-corrected chi connectivity index (χ2v) is 7.03. The number of hydrogen-bond acceptors (Lipinski definition) is 5. The average molecular weight is 403 g/mol.